The van der Waals surface area contributed by atoms with Gasteiger partial charge in [-0.15, -0.1) is 0 Å². The summed E-state index contributed by atoms with van der Waals surface area (Å²) in [7, 11) is 0. The monoisotopic (exact) mass is 358 g/mol. The number of alkyl halides is 3. The Kier molecular flexibility index (Phi) is 4.68. The third kappa shape index (κ3) is 3.63. The van der Waals surface area contributed by atoms with E-state index >= 15 is 0 Å². The number of hydrogen-bond donors (Lipinski definition) is 1. The summed E-state index contributed by atoms with van der Waals surface area (Å²) in [5, 5.41) is 0. The number of nitrogens with zero attached hydrogens (tertiary/aromatic N) is 1. The van der Waals surface area contributed by atoms with Gasteiger partial charge < -0.3 is 5.73 Å². The number of nitrogens with two attached hydrogens (primary N) is 1. The van der Waals surface area contributed by atoms with Crippen LogP contribution in [0.5, 0.6) is 0 Å². The van der Waals surface area contributed by atoms with E-state index < -0.39 is 17.8 Å². The zero-order chi connectivity index (χ0) is 15.6. The quantitative estimate of drug-likeness (QED) is 0.865. The van der Waals surface area contributed by atoms with Crippen LogP contribution in [0.15, 0.2) is 47.1 Å². The van der Waals surface area contributed by atoms with Gasteiger partial charge in [-0.1, -0.05) is 35.0 Å². The predicted molar refractivity (Wildman–Crippen MR) is 78.7 cm³/mol. The first kappa shape index (κ1) is 16.0. The molecule has 112 valence electrons. The molecular weight excluding hydrogens is 345 g/mol. The van der Waals surface area contributed by atoms with Gasteiger partial charge in [-0.25, -0.2) is 0 Å². The van der Waals surface area contributed by atoms with Gasteiger partial charge >= 0.3 is 6.18 Å². The molecule has 0 saturated carbocycles. The van der Waals surface area contributed by atoms with Crippen LogP contribution in [0, 0.1) is 0 Å². The van der Waals surface area contributed by atoms with Crippen molar-refractivity contribution in [1.29, 1.82) is 0 Å². The van der Waals surface area contributed by atoms with Crippen molar-refractivity contribution in [3.63, 3.8) is 0 Å². The van der Waals surface area contributed by atoms with Crippen LogP contribution in [0.2, 0.25) is 0 Å². The molecule has 6 heteroatoms. The fourth-order valence-electron chi connectivity index (χ4n) is 2.09. The van der Waals surface area contributed by atoms with E-state index in [0.29, 0.717) is 5.56 Å². The SMILES string of the molecule is CC(c1ccccn1)C(N)c1ccc(Br)c(C(F)(F)F)c1. The lowest BCUT2D eigenvalue weighted by Crippen LogP contribution is -2.19. The molecule has 1 aromatic carbocycles. The topological polar surface area (TPSA) is 38.9 Å². The number of halogens is 4. The first-order valence-electron chi connectivity index (χ1n) is 6.34. The third-order valence-electron chi connectivity index (χ3n) is 3.37. The van der Waals surface area contributed by atoms with Crippen LogP contribution in [0.4, 0.5) is 13.2 Å². The van der Waals surface area contributed by atoms with Crippen molar-refractivity contribution in [1.82, 2.24) is 4.98 Å². The molecule has 0 bridgehead atoms. The van der Waals surface area contributed by atoms with E-state index in [1.165, 1.54) is 6.07 Å². The Labute approximate surface area is 129 Å². The van der Waals surface area contributed by atoms with Gasteiger partial charge in [0.05, 0.1) is 5.56 Å². The van der Waals surface area contributed by atoms with E-state index in [4.69, 9.17) is 5.73 Å². The fourth-order valence-corrected chi connectivity index (χ4v) is 2.56. The number of pyridine rings is 1. The molecule has 2 nitrogen and oxygen atoms in total. The molecule has 2 atom stereocenters. The van der Waals surface area contributed by atoms with Crippen molar-refractivity contribution in [3.8, 4) is 0 Å². The average molecular weight is 359 g/mol. The Balaban J connectivity index is 2.34. The maximum absolute atomic E-state index is 12.9. The van der Waals surface area contributed by atoms with E-state index in [2.05, 4.69) is 20.9 Å². The first-order valence-corrected chi connectivity index (χ1v) is 7.13. The summed E-state index contributed by atoms with van der Waals surface area (Å²) in [4.78, 5) is 4.20. The number of hydrogen-bond acceptors (Lipinski definition) is 2. The number of aromatic nitrogens is 1. The van der Waals surface area contributed by atoms with Gasteiger partial charge in [-0.2, -0.15) is 13.2 Å². The van der Waals surface area contributed by atoms with Gasteiger partial charge in [0, 0.05) is 28.3 Å². The molecule has 1 heterocycles. The van der Waals surface area contributed by atoms with Gasteiger partial charge in [-0.05, 0) is 29.8 Å². The van der Waals surface area contributed by atoms with Crippen molar-refractivity contribution in [3.05, 3.63) is 63.9 Å². The lowest BCUT2D eigenvalue weighted by molar-refractivity contribution is -0.138. The highest BCUT2D eigenvalue weighted by Gasteiger charge is 2.33. The first-order chi connectivity index (χ1) is 9.80. The average Bonchev–Trinajstić information content (AvgIpc) is 2.46. The Morgan fingerprint density at radius 1 is 1.19 bits per heavy atom. The maximum atomic E-state index is 12.9. The summed E-state index contributed by atoms with van der Waals surface area (Å²) >= 11 is 2.92. The Morgan fingerprint density at radius 3 is 2.48 bits per heavy atom. The molecule has 1 aromatic heterocycles. The smallest absolute Gasteiger partial charge is 0.323 e. The zero-order valence-corrected chi connectivity index (χ0v) is 12.8. The van der Waals surface area contributed by atoms with E-state index in [-0.39, 0.29) is 10.4 Å². The van der Waals surface area contributed by atoms with E-state index in [1.54, 1.807) is 18.3 Å². The lowest BCUT2D eigenvalue weighted by Gasteiger charge is -2.21. The van der Waals surface area contributed by atoms with Crippen LogP contribution in [-0.2, 0) is 6.18 Å². The van der Waals surface area contributed by atoms with Crippen LogP contribution in [-0.4, -0.2) is 4.98 Å². The van der Waals surface area contributed by atoms with E-state index in [1.807, 2.05) is 19.1 Å². The molecule has 2 unspecified atom stereocenters. The lowest BCUT2D eigenvalue weighted by atomic mass is 9.91. The summed E-state index contributed by atoms with van der Waals surface area (Å²) in [5.41, 5.74) is 6.58. The Hall–Kier alpha value is -1.40. The summed E-state index contributed by atoms with van der Waals surface area (Å²) < 4.78 is 38.8. The minimum Gasteiger partial charge on any atom is -0.323 e. The fraction of sp³-hybridized carbons (Fsp3) is 0.267. The largest absolute Gasteiger partial charge is 0.417 e. The number of rotatable bonds is 3. The van der Waals surface area contributed by atoms with E-state index in [0.717, 1.165) is 11.8 Å². The second-order valence-electron chi connectivity index (χ2n) is 4.81. The van der Waals surface area contributed by atoms with Crippen molar-refractivity contribution >= 4 is 15.9 Å². The summed E-state index contributed by atoms with van der Waals surface area (Å²) in [6.45, 7) is 1.85. The third-order valence-corrected chi connectivity index (χ3v) is 4.07. The van der Waals surface area contributed by atoms with Crippen molar-refractivity contribution in [2.45, 2.75) is 25.1 Å². The van der Waals surface area contributed by atoms with Crippen molar-refractivity contribution in [2.24, 2.45) is 5.73 Å². The molecule has 0 radical (unpaired) electrons. The highest BCUT2D eigenvalue weighted by Crippen LogP contribution is 2.37. The van der Waals surface area contributed by atoms with Gasteiger partial charge in [0.15, 0.2) is 0 Å². The number of benzene rings is 1. The molecule has 0 spiro atoms. The van der Waals surface area contributed by atoms with Crippen LogP contribution < -0.4 is 5.73 Å². The van der Waals surface area contributed by atoms with E-state index in [9.17, 15) is 13.2 Å². The molecule has 0 saturated heterocycles. The molecular formula is C15H14BrF3N2. The van der Waals surface area contributed by atoms with Crippen molar-refractivity contribution in [2.75, 3.05) is 0 Å². The zero-order valence-electron chi connectivity index (χ0n) is 11.2. The Bertz CT molecular complexity index is 614. The normalized spacial score (nSPS) is 14.8. The molecule has 21 heavy (non-hydrogen) atoms. The molecule has 0 amide bonds. The molecule has 0 aliphatic heterocycles. The van der Waals surface area contributed by atoms with Crippen LogP contribution >= 0.6 is 15.9 Å². The maximum Gasteiger partial charge on any atom is 0.417 e. The van der Waals surface area contributed by atoms with Crippen LogP contribution in [0.25, 0.3) is 0 Å². The van der Waals surface area contributed by atoms with Gasteiger partial charge in [-0.3, -0.25) is 4.98 Å². The van der Waals surface area contributed by atoms with Gasteiger partial charge in [0.25, 0.3) is 0 Å². The minimum atomic E-state index is -4.41. The molecule has 0 fully saturated rings. The Morgan fingerprint density at radius 2 is 1.90 bits per heavy atom. The molecule has 0 aliphatic rings. The highest BCUT2D eigenvalue weighted by atomic mass is 79.9. The second-order valence-corrected chi connectivity index (χ2v) is 5.66. The minimum absolute atomic E-state index is 0.0106. The molecule has 2 aromatic rings. The van der Waals surface area contributed by atoms with Crippen LogP contribution in [0.3, 0.4) is 0 Å². The van der Waals surface area contributed by atoms with Gasteiger partial charge in [0.2, 0.25) is 0 Å². The molecule has 2 rings (SSSR count). The predicted octanol–water partition coefficient (Wildman–Crippen LogP) is 4.67. The summed E-state index contributed by atoms with van der Waals surface area (Å²) in [6.07, 6.45) is -2.77. The molecule has 0 aliphatic carbocycles. The second kappa shape index (κ2) is 6.15. The molecule has 2 N–H and O–H groups in total. The highest BCUT2D eigenvalue weighted by molar-refractivity contribution is 9.10. The summed E-state index contributed by atoms with van der Waals surface area (Å²) in [5.74, 6) is -0.187. The van der Waals surface area contributed by atoms with Crippen LogP contribution in [0.1, 0.15) is 35.7 Å². The van der Waals surface area contributed by atoms with Gasteiger partial charge in [0.1, 0.15) is 0 Å². The standard InChI is InChI=1S/C15H14BrF3N2/c1-9(13-4-2-3-7-21-13)14(20)10-5-6-12(16)11(8-10)15(17,18)19/h2-9,14H,20H2,1H3. The van der Waals surface area contributed by atoms with Crippen molar-refractivity contribution < 1.29 is 13.2 Å². The summed E-state index contributed by atoms with van der Waals surface area (Å²) in [6, 6.07) is 8.93.